The summed E-state index contributed by atoms with van der Waals surface area (Å²) in [5.41, 5.74) is 0.595. The van der Waals surface area contributed by atoms with E-state index in [0.29, 0.717) is 15.4 Å². The van der Waals surface area contributed by atoms with Crippen LogP contribution in [-0.4, -0.2) is 26.8 Å². The van der Waals surface area contributed by atoms with Gasteiger partial charge in [-0.1, -0.05) is 20.8 Å². The van der Waals surface area contributed by atoms with Crippen LogP contribution in [0.25, 0.3) is 0 Å². The van der Waals surface area contributed by atoms with Gasteiger partial charge in [-0.3, -0.25) is 0 Å². The van der Waals surface area contributed by atoms with Crippen molar-refractivity contribution < 1.29 is 5.11 Å². The van der Waals surface area contributed by atoms with Crippen molar-refractivity contribution in [3.8, 4) is 0 Å². The summed E-state index contributed by atoms with van der Waals surface area (Å²) < 4.78 is 0.441. The van der Waals surface area contributed by atoms with Crippen LogP contribution in [0.1, 0.15) is 46.5 Å². The lowest BCUT2D eigenvalue weighted by molar-refractivity contribution is -0.0185. The standard InChI is InChI=1S/C16H26OS2/c1-14(2)12-10-4-5-11(12)15(3,13(10)17)6-7-16(14)18-8-9-19-16/h10-13,17H,4-9H2,1-3H3/t10-,11+,12-,13+,15-/m0/s1. The molecule has 0 radical (unpaired) electrons. The van der Waals surface area contributed by atoms with Gasteiger partial charge in [-0.25, -0.2) is 0 Å². The topological polar surface area (TPSA) is 20.2 Å². The number of thioether (sulfide) groups is 2. The van der Waals surface area contributed by atoms with Gasteiger partial charge in [0.2, 0.25) is 0 Å². The Morgan fingerprint density at radius 3 is 2.37 bits per heavy atom. The fourth-order valence-corrected chi connectivity index (χ4v) is 9.85. The normalized spacial score (nSPS) is 53.7. The van der Waals surface area contributed by atoms with Crippen LogP contribution < -0.4 is 0 Å². The smallest absolute Gasteiger partial charge is 0.0665 e. The molecule has 1 heterocycles. The van der Waals surface area contributed by atoms with Crippen molar-refractivity contribution in [2.45, 2.75) is 56.6 Å². The Kier molecular flexibility index (Phi) is 2.73. The summed E-state index contributed by atoms with van der Waals surface area (Å²) in [7, 11) is 0. The molecule has 1 aliphatic heterocycles. The lowest BCUT2D eigenvalue weighted by Crippen LogP contribution is -2.46. The van der Waals surface area contributed by atoms with E-state index in [4.69, 9.17) is 0 Å². The third-order valence-electron chi connectivity index (χ3n) is 7.20. The van der Waals surface area contributed by atoms with Crippen LogP contribution in [0.15, 0.2) is 0 Å². The Morgan fingerprint density at radius 2 is 1.68 bits per heavy atom. The lowest BCUT2D eigenvalue weighted by atomic mass is 9.70. The third kappa shape index (κ3) is 1.41. The van der Waals surface area contributed by atoms with Crippen LogP contribution in [0.5, 0.6) is 0 Å². The molecular formula is C16H26OS2. The van der Waals surface area contributed by atoms with Gasteiger partial charge in [0.1, 0.15) is 0 Å². The first-order chi connectivity index (χ1) is 8.92. The van der Waals surface area contributed by atoms with E-state index >= 15 is 0 Å². The van der Waals surface area contributed by atoms with Gasteiger partial charge < -0.3 is 5.11 Å². The number of hydrogen-bond acceptors (Lipinski definition) is 3. The summed E-state index contributed by atoms with van der Waals surface area (Å²) in [6, 6.07) is 0. The number of aliphatic hydroxyl groups excluding tert-OH is 1. The summed E-state index contributed by atoms with van der Waals surface area (Å²) in [4.78, 5) is 0. The van der Waals surface area contributed by atoms with Crippen molar-refractivity contribution in [3.05, 3.63) is 0 Å². The van der Waals surface area contributed by atoms with Crippen LogP contribution in [-0.2, 0) is 0 Å². The highest BCUT2D eigenvalue weighted by molar-refractivity contribution is 8.21. The van der Waals surface area contributed by atoms with Gasteiger partial charge in [0, 0.05) is 11.5 Å². The monoisotopic (exact) mass is 298 g/mol. The minimum Gasteiger partial charge on any atom is -0.392 e. The minimum absolute atomic E-state index is 0.0238. The predicted molar refractivity (Wildman–Crippen MR) is 84.5 cm³/mol. The average molecular weight is 299 g/mol. The van der Waals surface area contributed by atoms with Crippen LogP contribution >= 0.6 is 23.5 Å². The van der Waals surface area contributed by atoms with Gasteiger partial charge in [0.05, 0.1) is 10.2 Å². The molecule has 3 aliphatic carbocycles. The molecule has 4 fully saturated rings. The first-order valence-corrected chi connectivity index (χ1v) is 9.85. The fraction of sp³-hybridized carbons (Fsp3) is 1.00. The van der Waals surface area contributed by atoms with Gasteiger partial charge in [0.15, 0.2) is 0 Å². The molecular weight excluding hydrogens is 272 g/mol. The highest BCUT2D eigenvalue weighted by Gasteiger charge is 2.70. The van der Waals surface area contributed by atoms with E-state index in [9.17, 15) is 5.11 Å². The van der Waals surface area contributed by atoms with Gasteiger partial charge >= 0.3 is 0 Å². The summed E-state index contributed by atoms with van der Waals surface area (Å²) in [5, 5.41) is 10.8. The molecule has 4 aliphatic rings. The zero-order chi connectivity index (χ0) is 13.5. The maximum Gasteiger partial charge on any atom is 0.0665 e. The molecule has 0 aromatic rings. The van der Waals surface area contributed by atoms with Crippen molar-refractivity contribution in [2.24, 2.45) is 28.6 Å². The van der Waals surface area contributed by atoms with E-state index in [-0.39, 0.29) is 11.5 Å². The van der Waals surface area contributed by atoms with E-state index < -0.39 is 0 Å². The van der Waals surface area contributed by atoms with Crippen molar-refractivity contribution >= 4 is 23.5 Å². The van der Waals surface area contributed by atoms with Crippen LogP contribution in [0.4, 0.5) is 0 Å². The molecule has 0 aromatic carbocycles. The Morgan fingerprint density at radius 1 is 1.00 bits per heavy atom. The number of aliphatic hydroxyl groups is 1. The molecule has 5 atom stereocenters. The maximum absolute atomic E-state index is 10.8. The van der Waals surface area contributed by atoms with Crippen LogP contribution in [0.3, 0.4) is 0 Å². The molecule has 0 unspecified atom stereocenters. The van der Waals surface area contributed by atoms with Crippen molar-refractivity contribution in [1.29, 1.82) is 0 Å². The van der Waals surface area contributed by atoms with E-state index in [0.717, 1.165) is 11.8 Å². The molecule has 3 saturated carbocycles. The zero-order valence-corrected chi connectivity index (χ0v) is 13.9. The van der Waals surface area contributed by atoms with Crippen molar-refractivity contribution in [3.63, 3.8) is 0 Å². The van der Waals surface area contributed by atoms with Crippen LogP contribution in [0, 0.1) is 28.6 Å². The first kappa shape index (κ1) is 13.3. The van der Waals surface area contributed by atoms with Gasteiger partial charge in [-0.15, -0.1) is 23.5 Å². The molecule has 1 N–H and O–H groups in total. The SMILES string of the molecule is CC1(C)[C@H]2[C@@H]3CC[C@H]2[C@](C)(CCC12SCCS2)[C@@H]3O. The third-order valence-corrected chi connectivity index (χ3v) is 11.4. The molecule has 0 amide bonds. The van der Waals surface area contributed by atoms with Gasteiger partial charge in [-0.05, 0) is 54.3 Å². The van der Waals surface area contributed by atoms with E-state index in [1.807, 2.05) is 0 Å². The summed E-state index contributed by atoms with van der Waals surface area (Å²) in [6.45, 7) is 7.45. The summed E-state index contributed by atoms with van der Waals surface area (Å²) in [6.07, 6.45) is 5.18. The highest BCUT2D eigenvalue weighted by Crippen LogP contribution is 2.74. The first-order valence-electron chi connectivity index (χ1n) is 7.88. The summed E-state index contributed by atoms with van der Waals surface area (Å²) >= 11 is 4.48. The van der Waals surface area contributed by atoms with Gasteiger partial charge in [-0.2, -0.15) is 0 Å². The molecule has 4 bridgehead atoms. The molecule has 108 valence electrons. The van der Waals surface area contributed by atoms with E-state index in [1.54, 1.807) is 0 Å². The van der Waals surface area contributed by atoms with Gasteiger partial charge in [0.25, 0.3) is 0 Å². The van der Waals surface area contributed by atoms with Crippen LogP contribution in [0.2, 0.25) is 0 Å². The second-order valence-corrected chi connectivity index (χ2v) is 11.0. The molecule has 19 heavy (non-hydrogen) atoms. The second-order valence-electron chi connectivity index (χ2n) is 8.00. The van der Waals surface area contributed by atoms with E-state index in [1.165, 1.54) is 37.2 Å². The lowest BCUT2D eigenvalue weighted by Gasteiger charge is -2.48. The van der Waals surface area contributed by atoms with Crippen molar-refractivity contribution in [2.75, 3.05) is 11.5 Å². The molecule has 3 heteroatoms. The highest BCUT2D eigenvalue weighted by atomic mass is 32.2. The minimum atomic E-state index is -0.0238. The average Bonchev–Trinajstić information content (AvgIpc) is 3.03. The Balaban J connectivity index is 1.82. The Bertz CT molecular complexity index is 402. The molecule has 0 aromatic heterocycles. The molecule has 1 spiro atoms. The summed E-state index contributed by atoms with van der Waals surface area (Å²) in [5.74, 6) is 4.78. The van der Waals surface area contributed by atoms with Crippen molar-refractivity contribution in [1.82, 2.24) is 0 Å². The maximum atomic E-state index is 10.8. The molecule has 4 rings (SSSR count). The Labute approximate surface area is 125 Å². The second kappa shape index (κ2) is 3.89. The molecule has 1 saturated heterocycles. The van der Waals surface area contributed by atoms with E-state index in [2.05, 4.69) is 44.3 Å². The fourth-order valence-electron chi connectivity index (χ4n) is 6.18. The predicted octanol–water partition coefficient (Wildman–Crippen LogP) is 4.01. The zero-order valence-electron chi connectivity index (χ0n) is 12.3. The number of hydrogen-bond donors (Lipinski definition) is 1. The molecule has 1 nitrogen and oxygen atoms in total. The largest absolute Gasteiger partial charge is 0.392 e. The quantitative estimate of drug-likeness (QED) is 0.730. The number of rotatable bonds is 0. The Hall–Kier alpha value is 0.660.